The van der Waals surface area contributed by atoms with Gasteiger partial charge in [0.2, 0.25) is 0 Å². The summed E-state index contributed by atoms with van der Waals surface area (Å²) in [5, 5.41) is 0.910. The van der Waals surface area contributed by atoms with Crippen LogP contribution in [0.1, 0.15) is 35.6 Å². The second-order valence-corrected chi connectivity index (χ2v) is 8.75. The minimum Gasteiger partial charge on any atom is -0.497 e. The molecule has 4 aromatic rings. The molecular weight excluding hydrogens is 414 g/mol. The molecule has 0 radical (unpaired) electrons. The SMILES string of the molecule is COc1ccc(-c2cc(=O)oc3c4c(ccc23)OCN(C2CCCc3ccccc32)C4)cc1. The topological polar surface area (TPSA) is 51.9 Å². The second-order valence-electron chi connectivity index (χ2n) is 8.75. The van der Waals surface area contributed by atoms with E-state index in [2.05, 4.69) is 29.2 Å². The lowest BCUT2D eigenvalue weighted by molar-refractivity contribution is 0.0482. The summed E-state index contributed by atoms with van der Waals surface area (Å²) in [6.45, 7) is 1.21. The predicted octanol–water partition coefficient (Wildman–Crippen LogP) is 5.70. The van der Waals surface area contributed by atoms with Crippen molar-refractivity contribution in [2.24, 2.45) is 0 Å². The molecule has 3 aromatic carbocycles. The van der Waals surface area contributed by atoms with Crippen molar-refractivity contribution >= 4 is 11.0 Å². The van der Waals surface area contributed by atoms with Crippen molar-refractivity contribution in [3.63, 3.8) is 0 Å². The third-order valence-corrected chi connectivity index (χ3v) is 6.90. The van der Waals surface area contributed by atoms with E-state index in [1.54, 1.807) is 13.2 Å². The number of nitrogens with zero attached hydrogens (tertiary/aromatic N) is 1. The Morgan fingerprint density at radius 2 is 1.88 bits per heavy atom. The Balaban J connectivity index is 1.43. The number of methoxy groups -OCH3 is 1. The Morgan fingerprint density at radius 3 is 2.73 bits per heavy atom. The summed E-state index contributed by atoms with van der Waals surface area (Å²) in [5.41, 5.74) is 5.80. The fraction of sp³-hybridized carbons (Fsp3) is 0.250. The van der Waals surface area contributed by atoms with Crippen LogP contribution < -0.4 is 15.1 Å². The number of aryl methyl sites for hydroxylation is 1. The number of hydrogen-bond donors (Lipinski definition) is 0. The van der Waals surface area contributed by atoms with Crippen molar-refractivity contribution in [2.45, 2.75) is 31.8 Å². The highest BCUT2D eigenvalue weighted by atomic mass is 16.5. The van der Waals surface area contributed by atoms with E-state index in [0.717, 1.165) is 52.8 Å². The summed E-state index contributed by atoms with van der Waals surface area (Å²) in [4.78, 5) is 14.9. The van der Waals surface area contributed by atoms with E-state index in [9.17, 15) is 4.79 Å². The Morgan fingerprint density at radius 1 is 1.03 bits per heavy atom. The van der Waals surface area contributed by atoms with Crippen LogP contribution in [0.15, 0.2) is 75.9 Å². The zero-order valence-corrected chi connectivity index (χ0v) is 18.5. The molecule has 0 amide bonds. The maximum absolute atomic E-state index is 12.6. The maximum Gasteiger partial charge on any atom is 0.336 e. The average molecular weight is 440 g/mol. The molecule has 2 heterocycles. The van der Waals surface area contributed by atoms with E-state index in [4.69, 9.17) is 13.9 Å². The highest BCUT2D eigenvalue weighted by Crippen LogP contribution is 2.41. The monoisotopic (exact) mass is 439 g/mol. The Hall–Kier alpha value is -3.57. The zero-order chi connectivity index (χ0) is 22.4. The van der Waals surface area contributed by atoms with E-state index in [1.807, 2.05) is 36.4 Å². The molecule has 5 heteroatoms. The summed E-state index contributed by atoms with van der Waals surface area (Å²) in [7, 11) is 1.64. The van der Waals surface area contributed by atoms with Crippen molar-refractivity contribution in [3.8, 4) is 22.6 Å². The van der Waals surface area contributed by atoms with Gasteiger partial charge in [0.25, 0.3) is 0 Å². The fourth-order valence-electron chi connectivity index (χ4n) is 5.27. The highest BCUT2D eigenvalue weighted by molar-refractivity contribution is 5.95. The van der Waals surface area contributed by atoms with Crippen LogP contribution in [0.2, 0.25) is 0 Å². The van der Waals surface area contributed by atoms with Gasteiger partial charge in [-0.05, 0) is 65.8 Å². The van der Waals surface area contributed by atoms with Gasteiger partial charge in [0, 0.05) is 24.0 Å². The van der Waals surface area contributed by atoms with Crippen LogP contribution in [-0.4, -0.2) is 18.7 Å². The van der Waals surface area contributed by atoms with E-state index in [0.29, 0.717) is 24.9 Å². The molecule has 0 saturated carbocycles. The molecule has 0 N–H and O–H groups in total. The van der Waals surface area contributed by atoms with Gasteiger partial charge in [0.05, 0.1) is 12.7 Å². The second kappa shape index (κ2) is 8.09. The number of rotatable bonds is 3. The molecule has 5 nitrogen and oxygen atoms in total. The zero-order valence-electron chi connectivity index (χ0n) is 18.5. The Bertz CT molecular complexity index is 1390. The maximum atomic E-state index is 12.6. The van der Waals surface area contributed by atoms with E-state index in [-0.39, 0.29) is 5.63 Å². The largest absolute Gasteiger partial charge is 0.497 e. The van der Waals surface area contributed by atoms with Crippen LogP contribution >= 0.6 is 0 Å². The molecule has 2 aliphatic rings. The molecular formula is C28H25NO4. The van der Waals surface area contributed by atoms with Gasteiger partial charge in [-0.3, -0.25) is 4.90 Å². The molecule has 1 aliphatic heterocycles. The van der Waals surface area contributed by atoms with Crippen molar-refractivity contribution < 1.29 is 13.9 Å². The Labute approximate surface area is 192 Å². The predicted molar refractivity (Wildman–Crippen MR) is 128 cm³/mol. The van der Waals surface area contributed by atoms with Crippen molar-refractivity contribution in [1.82, 2.24) is 4.90 Å². The molecule has 1 aliphatic carbocycles. The smallest absolute Gasteiger partial charge is 0.336 e. The van der Waals surface area contributed by atoms with E-state index >= 15 is 0 Å². The molecule has 1 atom stereocenters. The molecule has 166 valence electrons. The average Bonchev–Trinajstić information content (AvgIpc) is 2.87. The minimum absolute atomic E-state index is 0.301. The lowest BCUT2D eigenvalue weighted by atomic mass is 9.86. The van der Waals surface area contributed by atoms with Gasteiger partial charge in [-0.1, -0.05) is 36.4 Å². The first-order valence-electron chi connectivity index (χ1n) is 11.4. The summed E-state index contributed by atoms with van der Waals surface area (Å²) in [6.07, 6.45) is 3.39. The van der Waals surface area contributed by atoms with Gasteiger partial charge in [-0.2, -0.15) is 0 Å². The van der Waals surface area contributed by atoms with E-state index in [1.165, 1.54) is 11.1 Å². The third kappa shape index (κ3) is 3.49. The molecule has 1 unspecified atom stereocenters. The van der Waals surface area contributed by atoms with Gasteiger partial charge in [-0.25, -0.2) is 4.79 Å². The van der Waals surface area contributed by atoms with Crippen LogP contribution in [0, 0.1) is 0 Å². The summed E-state index contributed by atoms with van der Waals surface area (Å²) < 4.78 is 17.2. The van der Waals surface area contributed by atoms with Crippen LogP contribution in [0.4, 0.5) is 0 Å². The Kier molecular flexibility index (Phi) is 4.92. The summed E-state index contributed by atoms with van der Waals surface area (Å²) in [6, 6.07) is 22.3. The molecule has 33 heavy (non-hydrogen) atoms. The number of ether oxygens (including phenoxy) is 2. The first-order valence-corrected chi connectivity index (χ1v) is 11.4. The lowest BCUT2D eigenvalue weighted by Crippen LogP contribution is -2.37. The van der Waals surface area contributed by atoms with Gasteiger partial charge < -0.3 is 13.9 Å². The number of fused-ring (bicyclic) bond motifs is 4. The normalized spacial score (nSPS) is 17.8. The number of hydrogen-bond acceptors (Lipinski definition) is 5. The third-order valence-electron chi connectivity index (χ3n) is 6.90. The van der Waals surface area contributed by atoms with Crippen molar-refractivity contribution in [2.75, 3.05) is 13.8 Å². The van der Waals surface area contributed by atoms with Gasteiger partial charge in [0.1, 0.15) is 23.8 Å². The van der Waals surface area contributed by atoms with Crippen LogP contribution in [0.5, 0.6) is 11.5 Å². The lowest BCUT2D eigenvalue weighted by Gasteiger charge is -2.38. The highest BCUT2D eigenvalue weighted by Gasteiger charge is 2.31. The van der Waals surface area contributed by atoms with E-state index < -0.39 is 0 Å². The molecule has 0 spiro atoms. The fourth-order valence-corrected chi connectivity index (χ4v) is 5.27. The molecule has 1 aromatic heterocycles. The first kappa shape index (κ1) is 20.1. The van der Waals surface area contributed by atoms with Gasteiger partial charge in [-0.15, -0.1) is 0 Å². The van der Waals surface area contributed by atoms with Gasteiger partial charge >= 0.3 is 5.63 Å². The molecule has 0 saturated heterocycles. The van der Waals surface area contributed by atoms with Crippen molar-refractivity contribution in [3.05, 3.63) is 93.8 Å². The molecule has 0 bridgehead atoms. The molecule has 0 fully saturated rings. The van der Waals surface area contributed by atoms with Crippen LogP contribution in [0.3, 0.4) is 0 Å². The van der Waals surface area contributed by atoms with Gasteiger partial charge in [0.15, 0.2) is 0 Å². The van der Waals surface area contributed by atoms with Crippen LogP contribution in [0.25, 0.3) is 22.1 Å². The van der Waals surface area contributed by atoms with Crippen molar-refractivity contribution in [1.29, 1.82) is 0 Å². The standard InChI is InChI=1S/C28H25NO4/c1-31-20-11-9-19(10-12-20)23-15-27(30)33-28-22(23)13-14-26-24(28)16-29(17-32-26)25-8-4-6-18-5-2-3-7-21(18)25/h2-3,5,7,9-15,25H,4,6,8,16-17H2,1H3. The number of benzene rings is 3. The quantitative estimate of drug-likeness (QED) is 0.384. The van der Waals surface area contributed by atoms with Crippen LogP contribution in [-0.2, 0) is 13.0 Å². The summed E-state index contributed by atoms with van der Waals surface area (Å²) in [5.74, 6) is 1.57. The first-order chi connectivity index (χ1) is 16.2. The minimum atomic E-state index is -0.359. The molecule has 6 rings (SSSR count). The summed E-state index contributed by atoms with van der Waals surface area (Å²) >= 11 is 0.